The molecule has 0 fully saturated rings. The van der Waals surface area contributed by atoms with Gasteiger partial charge in [-0.15, -0.1) is 10.2 Å². The van der Waals surface area contributed by atoms with Crippen LogP contribution in [0.5, 0.6) is 0 Å². The van der Waals surface area contributed by atoms with E-state index in [1.165, 1.54) is 0 Å². The van der Waals surface area contributed by atoms with Gasteiger partial charge in [-0.3, -0.25) is 10.1 Å². The number of nitrogens with one attached hydrogen (secondary N) is 2. The molecule has 3 rings (SSSR count). The third-order valence-electron chi connectivity index (χ3n) is 4.81. The first-order chi connectivity index (χ1) is 14.2. The minimum absolute atomic E-state index is 0.125. The molecule has 0 aliphatic heterocycles. The van der Waals surface area contributed by atoms with Crippen molar-refractivity contribution in [1.82, 2.24) is 14.9 Å². The number of benzene rings is 2. The zero-order valence-corrected chi connectivity index (χ0v) is 18.9. The first-order valence-corrected chi connectivity index (χ1v) is 11.8. The van der Waals surface area contributed by atoms with Crippen LogP contribution in [0.4, 0.5) is 5.13 Å². The molecule has 7 nitrogen and oxygen atoms in total. The summed E-state index contributed by atoms with van der Waals surface area (Å²) in [6.45, 7) is 7.85. The zero-order chi connectivity index (χ0) is 21.9. The van der Waals surface area contributed by atoms with Crippen LogP contribution in [0.15, 0.2) is 46.8 Å². The Morgan fingerprint density at radius 2 is 1.73 bits per heavy atom. The molecule has 3 aromatic rings. The molecule has 0 saturated carbocycles. The number of aryl methyl sites for hydroxylation is 3. The van der Waals surface area contributed by atoms with E-state index in [4.69, 9.17) is 0 Å². The second kappa shape index (κ2) is 9.03. The lowest BCUT2D eigenvalue weighted by atomic mass is 10.0. The molecule has 0 bridgehead atoms. The van der Waals surface area contributed by atoms with E-state index in [-0.39, 0.29) is 21.4 Å². The molecular formula is C21H24N4O3S2. The Labute approximate surface area is 180 Å². The van der Waals surface area contributed by atoms with E-state index in [1.807, 2.05) is 58.0 Å². The molecule has 158 valence electrons. The Balaban J connectivity index is 1.74. The molecule has 2 aromatic carbocycles. The summed E-state index contributed by atoms with van der Waals surface area (Å²) < 4.78 is 28.1. The van der Waals surface area contributed by atoms with Gasteiger partial charge < -0.3 is 0 Å². The smallest absolute Gasteiger partial charge is 0.270 e. The van der Waals surface area contributed by atoms with Crippen molar-refractivity contribution in [3.8, 4) is 0 Å². The Morgan fingerprint density at radius 3 is 2.37 bits per heavy atom. The SMILES string of the molecule is CCC(NS(=O)(=O)c1nnc(NC(=O)c2ccc(C)cc2)s1)c1ccc(C)c(C)c1. The van der Waals surface area contributed by atoms with Gasteiger partial charge in [0.05, 0.1) is 0 Å². The molecule has 30 heavy (non-hydrogen) atoms. The fraction of sp³-hybridized carbons (Fsp3) is 0.286. The summed E-state index contributed by atoms with van der Waals surface area (Å²) in [5, 5.41) is 10.3. The number of hydrogen-bond donors (Lipinski definition) is 2. The average molecular weight is 445 g/mol. The van der Waals surface area contributed by atoms with Gasteiger partial charge in [-0.1, -0.05) is 54.2 Å². The number of carbonyl (C=O) groups is 1. The van der Waals surface area contributed by atoms with Crippen molar-refractivity contribution < 1.29 is 13.2 Å². The van der Waals surface area contributed by atoms with E-state index < -0.39 is 10.0 Å². The van der Waals surface area contributed by atoms with E-state index in [9.17, 15) is 13.2 Å². The number of hydrogen-bond acceptors (Lipinski definition) is 6. The van der Waals surface area contributed by atoms with Crippen LogP contribution in [-0.2, 0) is 10.0 Å². The largest absolute Gasteiger partial charge is 0.296 e. The summed E-state index contributed by atoms with van der Waals surface area (Å²) in [5.41, 5.74) is 4.63. The standard InChI is InChI=1S/C21H24N4O3S2/c1-5-18(17-11-8-14(3)15(4)12-17)25-30(27,28)21-24-23-20(29-21)22-19(26)16-9-6-13(2)7-10-16/h6-12,18,25H,5H2,1-4H3,(H,22,23,26). The molecule has 0 aliphatic carbocycles. The van der Waals surface area contributed by atoms with Crippen molar-refractivity contribution >= 4 is 32.4 Å². The van der Waals surface area contributed by atoms with Crippen molar-refractivity contribution in [2.45, 2.75) is 44.5 Å². The molecular weight excluding hydrogens is 420 g/mol. The second-order valence-corrected chi connectivity index (χ2v) is 9.98. The van der Waals surface area contributed by atoms with Gasteiger partial charge in [-0.2, -0.15) is 0 Å². The minimum atomic E-state index is -3.88. The van der Waals surface area contributed by atoms with Crippen molar-refractivity contribution in [2.75, 3.05) is 5.32 Å². The number of carbonyl (C=O) groups excluding carboxylic acids is 1. The van der Waals surface area contributed by atoms with Crippen LogP contribution in [0.25, 0.3) is 0 Å². The summed E-state index contributed by atoms with van der Waals surface area (Å²) in [6, 6.07) is 12.5. The number of amides is 1. The van der Waals surface area contributed by atoms with Gasteiger partial charge in [-0.25, -0.2) is 13.1 Å². The first-order valence-electron chi connectivity index (χ1n) is 9.50. The predicted molar refractivity (Wildman–Crippen MR) is 118 cm³/mol. The van der Waals surface area contributed by atoms with Crippen LogP contribution in [0.3, 0.4) is 0 Å². The number of rotatable bonds is 7. The van der Waals surface area contributed by atoms with E-state index in [0.717, 1.165) is 33.6 Å². The quantitative estimate of drug-likeness (QED) is 0.533. The van der Waals surface area contributed by atoms with Crippen LogP contribution >= 0.6 is 11.3 Å². The molecule has 0 spiro atoms. The Kier molecular flexibility index (Phi) is 6.64. The van der Waals surface area contributed by atoms with Gasteiger partial charge >= 0.3 is 0 Å². The summed E-state index contributed by atoms with van der Waals surface area (Å²) in [7, 11) is -3.88. The highest BCUT2D eigenvalue weighted by Crippen LogP contribution is 2.25. The fourth-order valence-corrected chi connectivity index (χ4v) is 5.07. The summed E-state index contributed by atoms with van der Waals surface area (Å²) in [4.78, 5) is 12.3. The van der Waals surface area contributed by atoms with Crippen LogP contribution < -0.4 is 10.0 Å². The van der Waals surface area contributed by atoms with E-state index in [2.05, 4.69) is 20.2 Å². The van der Waals surface area contributed by atoms with Gasteiger partial charge in [0, 0.05) is 11.6 Å². The summed E-state index contributed by atoms with van der Waals surface area (Å²) in [6.07, 6.45) is 0.581. The van der Waals surface area contributed by atoms with Gasteiger partial charge in [0.15, 0.2) is 0 Å². The van der Waals surface area contributed by atoms with E-state index >= 15 is 0 Å². The molecule has 0 saturated heterocycles. The molecule has 1 heterocycles. The lowest BCUT2D eigenvalue weighted by Gasteiger charge is -2.17. The fourth-order valence-electron chi connectivity index (χ4n) is 2.85. The number of anilines is 1. The maximum atomic E-state index is 12.8. The highest BCUT2D eigenvalue weighted by molar-refractivity contribution is 7.91. The number of nitrogens with zero attached hydrogens (tertiary/aromatic N) is 2. The number of aromatic nitrogens is 2. The van der Waals surface area contributed by atoms with Crippen LogP contribution in [0.1, 0.15) is 52.0 Å². The maximum Gasteiger partial charge on any atom is 0.270 e. The topological polar surface area (TPSA) is 101 Å². The predicted octanol–water partition coefficient (Wildman–Crippen LogP) is 4.15. The van der Waals surface area contributed by atoms with Gasteiger partial charge in [-0.05, 0) is 56.0 Å². The van der Waals surface area contributed by atoms with Crippen molar-refractivity contribution in [1.29, 1.82) is 0 Å². The zero-order valence-electron chi connectivity index (χ0n) is 17.3. The van der Waals surface area contributed by atoms with Crippen molar-refractivity contribution in [3.63, 3.8) is 0 Å². The lowest BCUT2D eigenvalue weighted by molar-refractivity contribution is 0.102. The molecule has 1 aromatic heterocycles. The van der Waals surface area contributed by atoms with E-state index in [1.54, 1.807) is 12.1 Å². The summed E-state index contributed by atoms with van der Waals surface area (Å²) >= 11 is 0.815. The van der Waals surface area contributed by atoms with Gasteiger partial charge in [0.2, 0.25) is 9.47 Å². The molecule has 2 N–H and O–H groups in total. The normalized spacial score (nSPS) is 12.5. The minimum Gasteiger partial charge on any atom is -0.296 e. The third kappa shape index (κ3) is 5.10. The van der Waals surface area contributed by atoms with Gasteiger partial charge in [0.25, 0.3) is 15.9 Å². The maximum absolute atomic E-state index is 12.8. The van der Waals surface area contributed by atoms with Crippen molar-refractivity contribution in [2.24, 2.45) is 0 Å². The lowest BCUT2D eigenvalue weighted by Crippen LogP contribution is -2.28. The first kappa shape index (κ1) is 22.1. The third-order valence-corrected chi connectivity index (χ3v) is 7.49. The Morgan fingerprint density at radius 1 is 1.03 bits per heavy atom. The molecule has 1 amide bonds. The highest BCUT2D eigenvalue weighted by atomic mass is 32.2. The Hall–Kier alpha value is -2.62. The van der Waals surface area contributed by atoms with Crippen LogP contribution in [0.2, 0.25) is 0 Å². The average Bonchev–Trinajstić information content (AvgIpc) is 3.18. The van der Waals surface area contributed by atoms with Crippen LogP contribution in [-0.4, -0.2) is 24.5 Å². The second-order valence-electron chi connectivity index (χ2n) is 7.12. The van der Waals surface area contributed by atoms with Gasteiger partial charge in [0.1, 0.15) is 0 Å². The molecule has 0 radical (unpaired) electrons. The van der Waals surface area contributed by atoms with Crippen LogP contribution in [0, 0.1) is 20.8 Å². The highest BCUT2D eigenvalue weighted by Gasteiger charge is 2.25. The van der Waals surface area contributed by atoms with E-state index in [0.29, 0.717) is 12.0 Å². The summed E-state index contributed by atoms with van der Waals surface area (Å²) in [5.74, 6) is -0.371. The molecule has 1 atom stereocenters. The molecule has 0 aliphatic rings. The molecule has 9 heteroatoms. The Bertz CT molecular complexity index is 1160. The monoisotopic (exact) mass is 444 g/mol. The number of sulfonamides is 1. The molecule has 1 unspecified atom stereocenters. The van der Waals surface area contributed by atoms with Crippen molar-refractivity contribution in [3.05, 3.63) is 70.3 Å².